The second-order valence-electron chi connectivity index (χ2n) is 8.64. The molecule has 1 aromatic heterocycles. The van der Waals surface area contributed by atoms with Crippen LogP contribution in [0.3, 0.4) is 0 Å². The highest BCUT2D eigenvalue weighted by Crippen LogP contribution is 2.38. The topological polar surface area (TPSA) is 94.6 Å². The molecule has 7 nitrogen and oxygen atoms in total. The van der Waals surface area contributed by atoms with Crippen molar-refractivity contribution in [1.29, 1.82) is 0 Å². The normalized spacial score (nSPS) is 17.8. The second kappa shape index (κ2) is 8.25. The minimum absolute atomic E-state index is 0.00856. The van der Waals surface area contributed by atoms with Crippen LogP contribution in [-0.2, 0) is 4.79 Å². The first-order valence-corrected chi connectivity index (χ1v) is 12.1. The van der Waals surface area contributed by atoms with Gasteiger partial charge in [-0.05, 0) is 52.9 Å². The van der Waals surface area contributed by atoms with Gasteiger partial charge in [0.15, 0.2) is 10.6 Å². The van der Waals surface area contributed by atoms with E-state index in [4.69, 9.17) is 4.99 Å². The molecule has 0 saturated carbocycles. The van der Waals surface area contributed by atoms with Crippen LogP contribution in [0.15, 0.2) is 87.8 Å². The Hall–Kier alpha value is -4.17. The molecule has 0 bridgehead atoms. The molecule has 0 N–H and O–H groups in total. The molecule has 1 unspecified atom stereocenters. The third-order valence-electron chi connectivity index (χ3n) is 6.55. The SMILES string of the molecule is O=C1CCCC2=C1C(c1cccc3ccccc13)n1c(sc(=Cc3ccc([N+](=O)[O-])cc3)c1=O)=N2. The Morgan fingerprint density at radius 2 is 1.77 bits per heavy atom. The zero-order chi connectivity index (χ0) is 24.1. The zero-order valence-corrected chi connectivity index (χ0v) is 19.3. The highest BCUT2D eigenvalue weighted by molar-refractivity contribution is 7.07. The van der Waals surface area contributed by atoms with E-state index in [-0.39, 0.29) is 17.0 Å². The van der Waals surface area contributed by atoms with Gasteiger partial charge in [-0.3, -0.25) is 24.3 Å². The fraction of sp³-hybridized carbons (Fsp3) is 0.148. The summed E-state index contributed by atoms with van der Waals surface area (Å²) in [4.78, 5) is 42.7. The lowest BCUT2D eigenvalue weighted by molar-refractivity contribution is -0.384. The molecule has 1 aliphatic carbocycles. The van der Waals surface area contributed by atoms with Crippen LogP contribution in [-0.4, -0.2) is 15.3 Å². The molecular formula is C27H19N3O4S. The predicted octanol–water partition coefficient (Wildman–Crippen LogP) is 4.03. The minimum atomic E-state index is -0.542. The van der Waals surface area contributed by atoms with Crippen molar-refractivity contribution >= 4 is 39.7 Å². The molecule has 172 valence electrons. The van der Waals surface area contributed by atoms with Crippen LogP contribution in [0.5, 0.6) is 0 Å². The zero-order valence-electron chi connectivity index (χ0n) is 18.5. The van der Waals surface area contributed by atoms with E-state index in [0.29, 0.717) is 33.3 Å². The Balaban J connectivity index is 1.60. The molecule has 0 spiro atoms. The van der Waals surface area contributed by atoms with E-state index in [1.165, 1.54) is 23.5 Å². The van der Waals surface area contributed by atoms with Gasteiger partial charge in [0.1, 0.15) is 0 Å². The Kier molecular flexibility index (Phi) is 5.04. The van der Waals surface area contributed by atoms with E-state index in [1.807, 2.05) is 42.5 Å². The molecule has 2 heterocycles. The maximum absolute atomic E-state index is 13.7. The number of carbonyl (C=O) groups is 1. The van der Waals surface area contributed by atoms with Crippen molar-refractivity contribution in [2.24, 2.45) is 4.99 Å². The monoisotopic (exact) mass is 481 g/mol. The van der Waals surface area contributed by atoms with E-state index in [0.717, 1.165) is 28.5 Å². The van der Waals surface area contributed by atoms with Crippen molar-refractivity contribution in [2.45, 2.75) is 25.3 Å². The van der Waals surface area contributed by atoms with E-state index < -0.39 is 11.0 Å². The van der Waals surface area contributed by atoms with Crippen LogP contribution >= 0.6 is 11.3 Å². The minimum Gasteiger partial charge on any atom is -0.294 e. The lowest BCUT2D eigenvalue weighted by Gasteiger charge is -2.29. The molecule has 0 amide bonds. The summed E-state index contributed by atoms with van der Waals surface area (Å²) >= 11 is 1.28. The summed E-state index contributed by atoms with van der Waals surface area (Å²) in [5, 5.41) is 13.0. The maximum Gasteiger partial charge on any atom is 0.271 e. The summed E-state index contributed by atoms with van der Waals surface area (Å²) < 4.78 is 2.11. The highest BCUT2D eigenvalue weighted by Gasteiger charge is 2.35. The molecule has 35 heavy (non-hydrogen) atoms. The summed E-state index contributed by atoms with van der Waals surface area (Å²) in [7, 11) is 0. The Morgan fingerprint density at radius 1 is 1.00 bits per heavy atom. The highest BCUT2D eigenvalue weighted by atomic mass is 32.1. The number of ketones is 1. The van der Waals surface area contributed by atoms with Gasteiger partial charge in [0.2, 0.25) is 0 Å². The smallest absolute Gasteiger partial charge is 0.271 e. The van der Waals surface area contributed by atoms with Crippen LogP contribution in [0.4, 0.5) is 5.69 Å². The van der Waals surface area contributed by atoms with Crippen molar-refractivity contribution < 1.29 is 9.72 Å². The van der Waals surface area contributed by atoms with Gasteiger partial charge in [0.25, 0.3) is 11.2 Å². The fourth-order valence-corrected chi connectivity index (χ4v) is 5.96. The third kappa shape index (κ3) is 3.54. The molecule has 4 aromatic rings. The van der Waals surface area contributed by atoms with E-state index in [1.54, 1.807) is 22.8 Å². The number of allylic oxidation sites excluding steroid dienone is 2. The summed E-state index contributed by atoms with van der Waals surface area (Å²) in [5.41, 5.74) is 2.73. The van der Waals surface area contributed by atoms with Gasteiger partial charge in [-0.2, -0.15) is 0 Å². The molecule has 8 heteroatoms. The number of benzene rings is 3. The standard InChI is InChI=1S/C27H19N3O4S/c31-22-10-4-9-21-24(22)25(20-8-3-6-17-5-1-2-7-19(17)20)29-26(32)23(35-27(29)28-21)15-16-11-13-18(14-12-16)30(33)34/h1-3,5-8,11-15,25H,4,9-10H2. The number of hydrogen-bond acceptors (Lipinski definition) is 6. The first kappa shape index (κ1) is 21.4. The van der Waals surface area contributed by atoms with Gasteiger partial charge < -0.3 is 0 Å². The van der Waals surface area contributed by atoms with Crippen molar-refractivity contribution in [3.05, 3.63) is 119 Å². The molecule has 0 radical (unpaired) electrons. The number of non-ortho nitro benzene ring substituents is 1. The number of hydrogen-bond donors (Lipinski definition) is 0. The largest absolute Gasteiger partial charge is 0.294 e. The van der Waals surface area contributed by atoms with Crippen molar-refractivity contribution in [3.63, 3.8) is 0 Å². The van der Waals surface area contributed by atoms with Crippen molar-refractivity contribution in [2.75, 3.05) is 0 Å². The van der Waals surface area contributed by atoms with Gasteiger partial charge in [-0.15, -0.1) is 0 Å². The molecule has 1 atom stereocenters. The van der Waals surface area contributed by atoms with Crippen LogP contribution < -0.4 is 14.9 Å². The Labute approximate surface area is 203 Å². The van der Waals surface area contributed by atoms with Crippen molar-refractivity contribution in [3.8, 4) is 0 Å². The van der Waals surface area contributed by atoms with Gasteiger partial charge in [0, 0.05) is 24.1 Å². The second-order valence-corrected chi connectivity index (χ2v) is 9.65. The fourth-order valence-electron chi connectivity index (χ4n) is 4.94. The maximum atomic E-state index is 13.7. The number of aromatic nitrogens is 1. The Bertz CT molecular complexity index is 1740. The summed E-state index contributed by atoms with van der Waals surface area (Å²) in [6.45, 7) is 0. The summed E-state index contributed by atoms with van der Waals surface area (Å²) in [6.07, 6.45) is 3.63. The van der Waals surface area contributed by atoms with Gasteiger partial charge >= 0.3 is 0 Å². The van der Waals surface area contributed by atoms with Crippen LogP contribution in [0.25, 0.3) is 16.8 Å². The first-order chi connectivity index (χ1) is 17.0. The molecule has 6 rings (SSSR count). The Morgan fingerprint density at radius 3 is 2.57 bits per heavy atom. The predicted molar refractivity (Wildman–Crippen MR) is 134 cm³/mol. The average molecular weight is 482 g/mol. The number of thiazole rings is 1. The van der Waals surface area contributed by atoms with Crippen LogP contribution in [0.2, 0.25) is 0 Å². The van der Waals surface area contributed by atoms with Crippen LogP contribution in [0, 0.1) is 10.1 Å². The molecule has 2 aliphatic rings. The van der Waals surface area contributed by atoms with Crippen LogP contribution in [0.1, 0.15) is 36.4 Å². The van der Waals surface area contributed by atoms with E-state index in [2.05, 4.69) is 0 Å². The lowest BCUT2D eigenvalue weighted by atomic mass is 9.84. The molecule has 3 aromatic carbocycles. The number of nitro groups is 1. The number of Topliss-reactive ketones (excluding diaryl/α,β-unsaturated/α-hetero) is 1. The molecule has 1 aliphatic heterocycles. The van der Waals surface area contributed by atoms with E-state index in [9.17, 15) is 19.7 Å². The summed E-state index contributed by atoms with van der Waals surface area (Å²) in [6, 6.07) is 19.5. The molecular weight excluding hydrogens is 462 g/mol. The number of nitrogens with zero attached hydrogens (tertiary/aromatic N) is 3. The van der Waals surface area contributed by atoms with Gasteiger partial charge in [-0.25, -0.2) is 4.99 Å². The van der Waals surface area contributed by atoms with Gasteiger partial charge in [0.05, 0.1) is 21.2 Å². The quantitative estimate of drug-likeness (QED) is 0.326. The lowest BCUT2D eigenvalue weighted by Crippen LogP contribution is -2.40. The number of rotatable bonds is 3. The third-order valence-corrected chi connectivity index (χ3v) is 7.53. The number of fused-ring (bicyclic) bond motifs is 2. The number of nitro benzene ring substituents is 1. The molecule has 0 saturated heterocycles. The van der Waals surface area contributed by atoms with E-state index >= 15 is 0 Å². The average Bonchev–Trinajstić information content (AvgIpc) is 3.17. The van der Waals surface area contributed by atoms with Crippen molar-refractivity contribution in [1.82, 2.24) is 4.57 Å². The summed E-state index contributed by atoms with van der Waals surface area (Å²) in [5.74, 6) is 0.0394. The first-order valence-electron chi connectivity index (χ1n) is 11.3. The molecule has 0 fully saturated rings. The number of carbonyl (C=O) groups excluding carboxylic acids is 1. The van der Waals surface area contributed by atoms with Gasteiger partial charge in [-0.1, -0.05) is 53.8 Å².